The molecular weight excluding hydrogens is 298 g/mol. The monoisotopic (exact) mass is 329 g/mol. The third kappa shape index (κ3) is 3.76. The molecule has 0 aliphatic carbocycles. The molecule has 3 aliphatic rings. The van der Waals surface area contributed by atoms with Crippen LogP contribution in [0.3, 0.4) is 0 Å². The van der Waals surface area contributed by atoms with Crippen LogP contribution in [0.25, 0.3) is 0 Å². The van der Waals surface area contributed by atoms with E-state index in [4.69, 9.17) is 4.74 Å². The molecule has 24 heavy (non-hydrogen) atoms. The van der Waals surface area contributed by atoms with E-state index in [9.17, 15) is 0 Å². The SMILES string of the molecule is c1ccc(N2CCN(C3CCN(C4CCOCC4)CC3)CC2)cc1. The van der Waals surface area contributed by atoms with Gasteiger partial charge in [-0.25, -0.2) is 0 Å². The van der Waals surface area contributed by atoms with E-state index in [0.29, 0.717) is 0 Å². The molecule has 0 radical (unpaired) electrons. The van der Waals surface area contributed by atoms with Gasteiger partial charge in [-0.1, -0.05) is 18.2 Å². The maximum absolute atomic E-state index is 5.51. The zero-order valence-electron chi connectivity index (χ0n) is 14.8. The summed E-state index contributed by atoms with van der Waals surface area (Å²) in [6.45, 7) is 9.28. The van der Waals surface area contributed by atoms with Crippen LogP contribution >= 0.6 is 0 Å². The Kier molecular flexibility index (Phi) is 5.36. The quantitative estimate of drug-likeness (QED) is 0.848. The molecule has 3 fully saturated rings. The van der Waals surface area contributed by atoms with Crippen LogP contribution in [-0.2, 0) is 4.74 Å². The molecule has 3 saturated heterocycles. The van der Waals surface area contributed by atoms with Crippen molar-refractivity contribution >= 4 is 5.69 Å². The van der Waals surface area contributed by atoms with Gasteiger partial charge in [-0.05, 0) is 50.9 Å². The Morgan fingerprint density at radius 3 is 1.92 bits per heavy atom. The van der Waals surface area contributed by atoms with E-state index in [1.165, 1.54) is 70.6 Å². The van der Waals surface area contributed by atoms with E-state index in [1.54, 1.807) is 0 Å². The van der Waals surface area contributed by atoms with Crippen LogP contribution in [0.5, 0.6) is 0 Å². The molecule has 0 saturated carbocycles. The van der Waals surface area contributed by atoms with Crippen molar-refractivity contribution < 1.29 is 4.74 Å². The average Bonchev–Trinajstić information content (AvgIpc) is 2.70. The Balaban J connectivity index is 1.24. The Morgan fingerprint density at radius 1 is 0.667 bits per heavy atom. The van der Waals surface area contributed by atoms with Crippen LogP contribution in [0, 0.1) is 0 Å². The van der Waals surface area contributed by atoms with Crippen LogP contribution in [0.4, 0.5) is 5.69 Å². The van der Waals surface area contributed by atoms with E-state index >= 15 is 0 Å². The fourth-order valence-corrected chi connectivity index (χ4v) is 4.65. The number of nitrogens with zero attached hydrogens (tertiary/aromatic N) is 3. The van der Waals surface area contributed by atoms with Gasteiger partial charge in [-0.15, -0.1) is 0 Å². The third-order valence-corrected chi connectivity index (χ3v) is 6.16. The summed E-state index contributed by atoms with van der Waals surface area (Å²) in [5, 5.41) is 0. The molecule has 4 nitrogen and oxygen atoms in total. The first-order chi connectivity index (χ1) is 11.9. The molecule has 0 spiro atoms. The summed E-state index contributed by atoms with van der Waals surface area (Å²) < 4.78 is 5.51. The fraction of sp³-hybridized carbons (Fsp3) is 0.700. The highest BCUT2D eigenvalue weighted by atomic mass is 16.5. The first-order valence-corrected chi connectivity index (χ1v) is 9.76. The van der Waals surface area contributed by atoms with Crippen molar-refractivity contribution in [1.29, 1.82) is 0 Å². The first kappa shape index (κ1) is 16.4. The largest absolute Gasteiger partial charge is 0.381 e. The number of ether oxygens (including phenoxy) is 1. The summed E-state index contributed by atoms with van der Waals surface area (Å²) in [5.41, 5.74) is 1.38. The van der Waals surface area contributed by atoms with Crippen molar-refractivity contribution in [3.8, 4) is 0 Å². The van der Waals surface area contributed by atoms with Gasteiger partial charge in [0.15, 0.2) is 0 Å². The predicted molar refractivity (Wildman–Crippen MR) is 98.7 cm³/mol. The summed E-state index contributed by atoms with van der Waals surface area (Å²) in [6.07, 6.45) is 5.17. The zero-order chi connectivity index (χ0) is 16.2. The standard InChI is InChI=1S/C20H31N3O/c1-2-4-18(5-3-1)22-12-14-23(15-13-22)19-6-10-21(11-7-19)20-8-16-24-17-9-20/h1-5,19-20H,6-17H2. The topological polar surface area (TPSA) is 19.0 Å². The van der Waals surface area contributed by atoms with Crippen molar-refractivity contribution in [2.45, 2.75) is 37.8 Å². The molecule has 0 aromatic heterocycles. The number of piperidine rings is 1. The van der Waals surface area contributed by atoms with E-state index in [-0.39, 0.29) is 0 Å². The summed E-state index contributed by atoms with van der Waals surface area (Å²) in [7, 11) is 0. The van der Waals surface area contributed by atoms with Gasteiger partial charge in [0.2, 0.25) is 0 Å². The number of likely N-dealkylation sites (tertiary alicyclic amines) is 1. The highest BCUT2D eigenvalue weighted by Gasteiger charge is 2.30. The lowest BCUT2D eigenvalue weighted by Crippen LogP contribution is -2.54. The number of para-hydroxylation sites is 1. The van der Waals surface area contributed by atoms with Crippen LogP contribution in [0.15, 0.2) is 30.3 Å². The second-order valence-electron chi connectivity index (χ2n) is 7.47. The molecule has 0 bridgehead atoms. The van der Waals surface area contributed by atoms with Gasteiger partial charge in [0.05, 0.1) is 0 Å². The fourth-order valence-electron chi connectivity index (χ4n) is 4.65. The molecule has 1 aromatic carbocycles. The Morgan fingerprint density at radius 2 is 1.25 bits per heavy atom. The van der Waals surface area contributed by atoms with Crippen LogP contribution in [0.2, 0.25) is 0 Å². The van der Waals surface area contributed by atoms with Gasteiger partial charge in [0, 0.05) is 57.2 Å². The van der Waals surface area contributed by atoms with Gasteiger partial charge >= 0.3 is 0 Å². The first-order valence-electron chi connectivity index (χ1n) is 9.76. The summed E-state index contributed by atoms with van der Waals surface area (Å²) in [5.74, 6) is 0. The average molecular weight is 329 g/mol. The Labute approximate surface area is 146 Å². The smallest absolute Gasteiger partial charge is 0.0480 e. The lowest BCUT2D eigenvalue weighted by molar-refractivity contribution is 0.0127. The third-order valence-electron chi connectivity index (χ3n) is 6.16. The molecule has 0 N–H and O–H groups in total. The second-order valence-corrected chi connectivity index (χ2v) is 7.47. The van der Waals surface area contributed by atoms with Crippen molar-refractivity contribution in [1.82, 2.24) is 9.80 Å². The number of rotatable bonds is 3. The van der Waals surface area contributed by atoms with Gasteiger partial charge in [-0.2, -0.15) is 0 Å². The number of hydrogen-bond donors (Lipinski definition) is 0. The van der Waals surface area contributed by atoms with E-state index in [1.807, 2.05) is 0 Å². The van der Waals surface area contributed by atoms with Gasteiger partial charge < -0.3 is 14.5 Å². The number of benzene rings is 1. The van der Waals surface area contributed by atoms with Crippen molar-refractivity contribution in [2.24, 2.45) is 0 Å². The molecule has 0 unspecified atom stereocenters. The lowest BCUT2D eigenvalue weighted by atomic mass is 9.98. The molecule has 132 valence electrons. The molecular formula is C20H31N3O. The van der Waals surface area contributed by atoms with E-state index in [0.717, 1.165) is 25.3 Å². The Bertz CT molecular complexity index is 487. The van der Waals surface area contributed by atoms with Crippen molar-refractivity contribution in [2.75, 3.05) is 57.4 Å². The normalized spacial score (nSPS) is 25.9. The van der Waals surface area contributed by atoms with Gasteiger partial charge in [-0.3, -0.25) is 4.90 Å². The second kappa shape index (κ2) is 7.85. The molecule has 4 heteroatoms. The predicted octanol–water partition coefficient (Wildman–Crippen LogP) is 2.45. The van der Waals surface area contributed by atoms with E-state index < -0.39 is 0 Å². The molecule has 4 rings (SSSR count). The lowest BCUT2D eigenvalue weighted by Gasteiger charge is -2.45. The van der Waals surface area contributed by atoms with Gasteiger partial charge in [0.1, 0.15) is 0 Å². The summed E-state index contributed by atoms with van der Waals surface area (Å²) in [4.78, 5) is 8.02. The minimum atomic E-state index is 0.787. The van der Waals surface area contributed by atoms with Crippen molar-refractivity contribution in [3.63, 3.8) is 0 Å². The minimum absolute atomic E-state index is 0.787. The molecule has 0 atom stereocenters. The molecule has 3 heterocycles. The number of anilines is 1. The number of piperazine rings is 1. The minimum Gasteiger partial charge on any atom is -0.381 e. The maximum Gasteiger partial charge on any atom is 0.0480 e. The summed E-state index contributed by atoms with van der Waals surface area (Å²) in [6, 6.07) is 12.5. The zero-order valence-corrected chi connectivity index (χ0v) is 14.8. The highest BCUT2D eigenvalue weighted by molar-refractivity contribution is 5.46. The van der Waals surface area contributed by atoms with Gasteiger partial charge in [0.25, 0.3) is 0 Å². The molecule has 0 amide bonds. The van der Waals surface area contributed by atoms with Crippen LogP contribution in [-0.4, -0.2) is 74.4 Å². The van der Waals surface area contributed by atoms with Crippen molar-refractivity contribution in [3.05, 3.63) is 30.3 Å². The maximum atomic E-state index is 5.51. The van der Waals surface area contributed by atoms with E-state index in [2.05, 4.69) is 45.0 Å². The number of hydrogen-bond acceptors (Lipinski definition) is 4. The highest BCUT2D eigenvalue weighted by Crippen LogP contribution is 2.24. The molecule has 3 aliphatic heterocycles. The summed E-state index contributed by atoms with van der Waals surface area (Å²) >= 11 is 0. The Hall–Kier alpha value is -1.10. The van der Waals surface area contributed by atoms with Crippen LogP contribution in [0.1, 0.15) is 25.7 Å². The molecule has 1 aromatic rings. The van der Waals surface area contributed by atoms with Crippen LogP contribution < -0.4 is 4.90 Å².